The van der Waals surface area contributed by atoms with Crippen LogP contribution in [0.4, 0.5) is 0 Å². The predicted octanol–water partition coefficient (Wildman–Crippen LogP) is 1.88. The molecule has 0 radical (unpaired) electrons. The van der Waals surface area contributed by atoms with Gasteiger partial charge in [-0.15, -0.1) is 0 Å². The van der Waals surface area contributed by atoms with E-state index in [1.807, 2.05) is 44.2 Å². The summed E-state index contributed by atoms with van der Waals surface area (Å²) in [7, 11) is -3.53. The molecule has 162 valence electrons. The van der Waals surface area contributed by atoms with Crippen LogP contribution in [-0.4, -0.2) is 79.3 Å². The monoisotopic (exact) mass is 431 g/mol. The van der Waals surface area contributed by atoms with Gasteiger partial charge in [0.2, 0.25) is 5.91 Å². The standard InChI is InChI=1S/C22H29N3O4S/c1-17-15-25(16-18(2)29-17)30(27,28)24-11-9-23(10-12-24)22(26)14-19-7-8-20-5-3-4-6-21(20)13-19/h3-8,13,17-18H,9-12,14-16H2,1-2H3. The summed E-state index contributed by atoms with van der Waals surface area (Å²) >= 11 is 0. The number of carbonyl (C=O) groups excluding carboxylic acids is 1. The zero-order valence-electron chi connectivity index (χ0n) is 17.5. The summed E-state index contributed by atoms with van der Waals surface area (Å²) in [6.07, 6.45) is 0.0949. The Bertz CT molecular complexity index is 1010. The molecule has 2 unspecified atom stereocenters. The third-order valence-corrected chi connectivity index (χ3v) is 7.77. The van der Waals surface area contributed by atoms with Crippen LogP contribution in [-0.2, 0) is 26.2 Å². The lowest BCUT2D eigenvalue weighted by molar-refractivity contribution is -0.131. The first-order valence-corrected chi connectivity index (χ1v) is 11.9. The first-order valence-electron chi connectivity index (χ1n) is 10.5. The summed E-state index contributed by atoms with van der Waals surface area (Å²) < 4.78 is 34.7. The van der Waals surface area contributed by atoms with Gasteiger partial charge < -0.3 is 9.64 Å². The molecule has 0 bridgehead atoms. The Morgan fingerprint density at radius 3 is 2.23 bits per heavy atom. The molecule has 4 rings (SSSR count). The number of carbonyl (C=O) groups is 1. The van der Waals surface area contributed by atoms with Crippen molar-refractivity contribution < 1.29 is 17.9 Å². The highest BCUT2D eigenvalue weighted by atomic mass is 32.2. The van der Waals surface area contributed by atoms with Crippen molar-refractivity contribution in [3.63, 3.8) is 0 Å². The number of nitrogens with zero attached hydrogens (tertiary/aromatic N) is 3. The van der Waals surface area contributed by atoms with Crippen LogP contribution < -0.4 is 0 Å². The van der Waals surface area contributed by atoms with E-state index in [0.29, 0.717) is 45.7 Å². The molecule has 2 atom stereocenters. The van der Waals surface area contributed by atoms with Crippen molar-refractivity contribution in [1.82, 2.24) is 13.5 Å². The van der Waals surface area contributed by atoms with Gasteiger partial charge in [0.15, 0.2) is 0 Å². The fourth-order valence-corrected chi connectivity index (χ4v) is 6.03. The van der Waals surface area contributed by atoms with E-state index in [9.17, 15) is 13.2 Å². The summed E-state index contributed by atoms with van der Waals surface area (Å²) in [4.78, 5) is 14.5. The van der Waals surface area contributed by atoms with Crippen molar-refractivity contribution in [3.8, 4) is 0 Å². The minimum absolute atomic E-state index is 0.0379. The quantitative estimate of drug-likeness (QED) is 0.741. The van der Waals surface area contributed by atoms with E-state index in [-0.39, 0.29) is 18.1 Å². The highest BCUT2D eigenvalue weighted by Gasteiger charge is 2.37. The first kappa shape index (κ1) is 21.2. The fraction of sp³-hybridized carbons (Fsp3) is 0.500. The first-order chi connectivity index (χ1) is 14.3. The van der Waals surface area contributed by atoms with E-state index >= 15 is 0 Å². The number of hydrogen-bond donors (Lipinski definition) is 0. The summed E-state index contributed by atoms with van der Waals surface area (Å²) in [5.41, 5.74) is 0.977. The molecular weight excluding hydrogens is 402 g/mol. The van der Waals surface area contributed by atoms with Crippen LogP contribution in [0.3, 0.4) is 0 Å². The third kappa shape index (κ3) is 4.51. The van der Waals surface area contributed by atoms with Crippen LogP contribution in [0.25, 0.3) is 10.8 Å². The Balaban J connectivity index is 1.35. The molecule has 30 heavy (non-hydrogen) atoms. The number of amides is 1. The third-order valence-electron chi connectivity index (χ3n) is 5.80. The van der Waals surface area contributed by atoms with E-state index in [4.69, 9.17) is 4.74 Å². The van der Waals surface area contributed by atoms with Crippen molar-refractivity contribution in [1.29, 1.82) is 0 Å². The zero-order valence-corrected chi connectivity index (χ0v) is 18.3. The summed E-state index contributed by atoms with van der Waals surface area (Å²) in [5, 5.41) is 2.27. The minimum Gasteiger partial charge on any atom is -0.373 e. The lowest BCUT2D eigenvalue weighted by Gasteiger charge is -2.40. The molecule has 0 spiro atoms. The number of piperazine rings is 1. The van der Waals surface area contributed by atoms with Crippen LogP contribution in [0.5, 0.6) is 0 Å². The summed E-state index contributed by atoms with van der Waals surface area (Å²) in [6.45, 7) is 6.00. The molecule has 2 aliphatic heterocycles. The maximum absolute atomic E-state index is 13.0. The van der Waals surface area contributed by atoms with Crippen molar-refractivity contribution in [3.05, 3.63) is 48.0 Å². The van der Waals surface area contributed by atoms with E-state index < -0.39 is 10.2 Å². The van der Waals surface area contributed by atoms with Gasteiger partial charge in [0.1, 0.15) is 0 Å². The van der Waals surface area contributed by atoms with E-state index in [2.05, 4.69) is 12.1 Å². The molecule has 0 aliphatic carbocycles. The molecule has 2 aromatic rings. The Labute approximate surface area is 178 Å². The topological polar surface area (TPSA) is 70.2 Å². The van der Waals surface area contributed by atoms with Crippen LogP contribution in [0, 0.1) is 0 Å². The molecule has 2 heterocycles. The highest BCUT2D eigenvalue weighted by molar-refractivity contribution is 7.86. The van der Waals surface area contributed by atoms with Crippen LogP contribution in [0.1, 0.15) is 19.4 Å². The maximum atomic E-state index is 13.0. The van der Waals surface area contributed by atoms with Gasteiger partial charge in [-0.05, 0) is 30.2 Å². The van der Waals surface area contributed by atoms with Crippen molar-refractivity contribution in [2.75, 3.05) is 39.3 Å². The SMILES string of the molecule is CC1CN(S(=O)(=O)N2CCN(C(=O)Cc3ccc4ccccc4c3)CC2)CC(C)O1. The van der Waals surface area contributed by atoms with Gasteiger partial charge in [0.25, 0.3) is 10.2 Å². The Morgan fingerprint density at radius 1 is 0.933 bits per heavy atom. The molecule has 7 nitrogen and oxygen atoms in total. The van der Waals surface area contributed by atoms with Gasteiger partial charge in [-0.1, -0.05) is 42.5 Å². The minimum atomic E-state index is -3.53. The summed E-state index contributed by atoms with van der Waals surface area (Å²) in [5.74, 6) is 0.0379. The average Bonchev–Trinajstić information content (AvgIpc) is 2.73. The van der Waals surface area contributed by atoms with Gasteiger partial charge in [0.05, 0.1) is 18.6 Å². The molecular formula is C22H29N3O4S. The molecule has 0 aromatic heterocycles. The van der Waals surface area contributed by atoms with Gasteiger partial charge in [0, 0.05) is 39.3 Å². The maximum Gasteiger partial charge on any atom is 0.282 e. The molecule has 2 aliphatic rings. The fourth-order valence-electron chi connectivity index (χ4n) is 4.29. The average molecular weight is 432 g/mol. The van der Waals surface area contributed by atoms with E-state index in [0.717, 1.165) is 16.3 Å². The van der Waals surface area contributed by atoms with Gasteiger partial charge in [-0.3, -0.25) is 4.79 Å². The number of benzene rings is 2. The number of fused-ring (bicyclic) bond motifs is 1. The molecule has 2 aromatic carbocycles. The van der Waals surface area contributed by atoms with Gasteiger partial charge in [-0.25, -0.2) is 0 Å². The molecule has 8 heteroatoms. The molecule has 2 saturated heterocycles. The smallest absolute Gasteiger partial charge is 0.282 e. The second kappa shape index (κ2) is 8.63. The van der Waals surface area contributed by atoms with Crippen molar-refractivity contribution >= 4 is 26.9 Å². The normalized spacial score (nSPS) is 24.3. The lowest BCUT2D eigenvalue weighted by atomic mass is 10.0. The number of ether oxygens (including phenoxy) is 1. The molecule has 1 amide bonds. The molecule has 0 N–H and O–H groups in total. The number of morpholine rings is 1. The summed E-state index contributed by atoms with van der Waals surface area (Å²) in [6, 6.07) is 14.2. The Hall–Kier alpha value is -2.00. The van der Waals surface area contributed by atoms with Crippen molar-refractivity contribution in [2.45, 2.75) is 32.5 Å². The number of rotatable bonds is 4. The van der Waals surface area contributed by atoms with Crippen LogP contribution in [0.2, 0.25) is 0 Å². The largest absolute Gasteiger partial charge is 0.373 e. The molecule has 0 saturated carbocycles. The second-order valence-electron chi connectivity index (χ2n) is 8.22. The molecule has 2 fully saturated rings. The van der Waals surface area contributed by atoms with E-state index in [1.165, 1.54) is 8.61 Å². The Morgan fingerprint density at radius 2 is 1.57 bits per heavy atom. The van der Waals surface area contributed by atoms with Crippen LogP contribution in [0.15, 0.2) is 42.5 Å². The zero-order chi connectivity index (χ0) is 21.3. The predicted molar refractivity (Wildman–Crippen MR) is 116 cm³/mol. The van der Waals surface area contributed by atoms with E-state index in [1.54, 1.807) is 4.90 Å². The highest BCUT2D eigenvalue weighted by Crippen LogP contribution is 2.20. The lowest BCUT2D eigenvalue weighted by Crippen LogP contribution is -2.57. The number of hydrogen-bond acceptors (Lipinski definition) is 4. The van der Waals surface area contributed by atoms with Crippen molar-refractivity contribution in [2.24, 2.45) is 0 Å². The Kier molecular flexibility index (Phi) is 6.11. The van der Waals surface area contributed by atoms with Gasteiger partial charge >= 0.3 is 0 Å². The van der Waals surface area contributed by atoms with Gasteiger partial charge in [-0.2, -0.15) is 17.0 Å². The second-order valence-corrected chi connectivity index (χ2v) is 10.1. The van der Waals surface area contributed by atoms with Crippen LogP contribution >= 0.6 is 0 Å².